The molecule has 0 radical (unpaired) electrons. The molecule has 2 nitrogen and oxygen atoms in total. The highest BCUT2D eigenvalue weighted by Gasteiger charge is 2.17. The molecule has 0 heterocycles. The van der Waals surface area contributed by atoms with E-state index in [-0.39, 0.29) is 6.04 Å². The van der Waals surface area contributed by atoms with Crippen LogP contribution in [0, 0.1) is 3.57 Å². The molecule has 1 aromatic carbocycles. The summed E-state index contributed by atoms with van der Waals surface area (Å²) in [6.45, 7) is 2.12. The molecule has 1 rings (SSSR count). The average Bonchev–Trinajstić information content (AvgIpc) is 2.25. The Bertz CT molecular complexity index is 303. The van der Waals surface area contributed by atoms with Crippen molar-refractivity contribution in [3.05, 3.63) is 33.4 Å². The lowest BCUT2D eigenvalue weighted by Crippen LogP contribution is -2.26. The molecule has 84 valence electrons. The molecule has 3 heteroatoms. The van der Waals surface area contributed by atoms with Gasteiger partial charge in [-0.1, -0.05) is 38.0 Å². The standard InChI is InChI=1S/C12H18INO/c1-2-3-8-11(15)12(14)9-6-4-5-7-10(9)13/h4-7,11-12,15H,2-3,8,14H2,1H3/t11-,12+/m0/s1. The monoisotopic (exact) mass is 319 g/mol. The van der Waals surface area contributed by atoms with Gasteiger partial charge < -0.3 is 10.8 Å². The van der Waals surface area contributed by atoms with Crippen molar-refractivity contribution >= 4 is 22.6 Å². The number of hydrogen-bond donors (Lipinski definition) is 2. The zero-order chi connectivity index (χ0) is 11.3. The summed E-state index contributed by atoms with van der Waals surface area (Å²) in [5.74, 6) is 0. The van der Waals surface area contributed by atoms with Crippen molar-refractivity contribution in [1.82, 2.24) is 0 Å². The Morgan fingerprint density at radius 2 is 2.07 bits per heavy atom. The molecule has 0 aliphatic heterocycles. The van der Waals surface area contributed by atoms with Crippen LogP contribution in [0.2, 0.25) is 0 Å². The zero-order valence-corrected chi connectivity index (χ0v) is 11.1. The average molecular weight is 319 g/mol. The van der Waals surface area contributed by atoms with Gasteiger partial charge in [-0.25, -0.2) is 0 Å². The molecular formula is C12H18INO. The lowest BCUT2D eigenvalue weighted by atomic mass is 9.98. The SMILES string of the molecule is CCCC[C@H](O)[C@H](N)c1ccccc1I. The van der Waals surface area contributed by atoms with Crippen LogP contribution >= 0.6 is 22.6 Å². The molecular weight excluding hydrogens is 301 g/mol. The Morgan fingerprint density at radius 3 is 2.67 bits per heavy atom. The van der Waals surface area contributed by atoms with E-state index in [1.54, 1.807) is 0 Å². The summed E-state index contributed by atoms with van der Waals surface area (Å²) in [5, 5.41) is 9.90. The van der Waals surface area contributed by atoms with E-state index in [9.17, 15) is 5.11 Å². The van der Waals surface area contributed by atoms with Gasteiger partial charge in [0.1, 0.15) is 0 Å². The fourth-order valence-corrected chi connectivity index (χ4v) is 2.29. The summed E-state index contributed by atoms with van der Waals surface area (Å²) in [5.41, 5.74) is 7.07. The van der Waals surface area contributed by atoms with Gasteiger partial charge in [0, 0.05) is 3.57 Å². The molecule has 2 atom stereocenters. The fourth-order valence-electron chi connectivity index (χ4n) is 1.55. The minimum Gasteiger partial charge on any atom is -0.391 e. The molecule has 0 saturated carbocycles. The van der Waals surface area contributed by atoms with E-state index in [0.29, 0.717) is 0 Å². The first kappa shape index (κ1) is 12.9. The van der Waals surface area contributed by atoms with E-state index in [4.69, 9.17) is 5.73 Å². The van der Waals surface area contributed by atoms with Gasteiger partial charge in [-0.3, -0.25) is 0 Å². The molecule has 3 N–H and O–H groups in total. The molecule has 0 amide bonds. The van der Waals surface area contributed by atoms with Gasteiger partial charge in [0.15, 0.2) is 0 Å². The smallest absolute Gasteiger partial charge is 0.0733 e. The topological polar surface area (TPSA) is 46.2 Å². The van der Waals surface area contributed by atoms with Crippen LogP contribution in [-0.2, 0) is 0 Å². The minimum atomic E-state index is -0.430. The second-order valence-corrected chi connectivity index (χ2v) is 4.92. The van der Waals surface area contributed by atoms with E-state index >= 15 is 0 Å². The second-order valence-electron chi connectivity index (χ2n) is 3.76. The van der Waals surface area contributed by atoms with Crippen LogP contribution in [0.25, 0.3) is 0 Å². The van der Waals surface area contributed by atoms with Crippen molar-refractivity contribution in [2.24, 2.45) is 5.73 Å². The number of halogens is 1. The molecule has 0 unspecified atom stereocenters. The first-order chi connectivity index (χ1) is 7.16. The van der Waals surface area contributed by atoms with Crippen molar-refractivity contribution in [2.75, 3.05) is 0 Å². The second kappa shape index (κ2) is 6.45. The van der Waals surface area contributed by atoms with Crippen LogP contribution in [0.5, 0.6) is 0 Å². The van der Waals surface area contributed by atoms with Gasteiger partial charge in [-0.2, -0.15) is 0 Å². The van der Waals surface area contributed by atoms with Gasteiger partial charge >= 0.3 is 0 Å². The van der Waals surface area contributed by atoms with E-state index in [2.05, 4.69) is 29.5 Å². The van der Waals surface area contributed by atoms with Crippen molar-refractivity contribution in [1.29, 1.82) is 0 Å². The van der Waals surface area contributed by atoms with Gasteiger partial charge in [0.2, 0.25) is 0 Å². The lowest BCUT2D eigenvalue weighted by Gasteiger charge is -2.20. The van der Waals surface area contributed by atoms with E-state index in [1.807, 2.05) is 24.3 Å². The highest BCUT2D eigenvalue weighted by atomic mass is 127. The minimum absolute atomic E-state index is 0.260. The number of rotatable bonds is 5. The van der Waals surface area contributed by atoms with Gasteiger partial charge in [-0.05, 0) is 40.6 Å². The molecule has 0 aromatic heterocycles. The summed E-state index contributed by atoms with van der Waals surface area (Å²) in [6.07, 6.45) is 2.47. The maximum atomic E-state index is 9.90. The van der Waals surface area contributed by atoms with Crippen molar-refractivity contribution in [3.63, 3.8) is 0 Å². The van der Waals surface area contributed by atoms with E-state index < -0.39 is 6.10 Å². The highest BCUT2D eigenvalue weighted by molar-refractivity contribution is 14.1. The summed E-state index contributed by atoms with van der Waals surface area (Å²) < 4.78 is 1.12. The molecule has 1 aromatic rings. The molecule has 0 aliphatic rings. The number of benzene rings is 1. The third-order valence-electron chi connectivity index (χ3n) is 2.53. The number of hydrogen-bond acceptors (Lipinski definition) is 2. The van der Waals surface area contributed by atoms with E-state index in [1.165, 1.54) is 0 Å². The molecule has 0 saturated heterocycles. The van der Waals surface area contributed by atoms with Crippen LogP contribution in [0.4, 0.5) is 0 Å². The van der Waals surface area contributed by atoms with Crippen LogP contribution in [-0.4, -0.2) is 11.2 Å². The lowest BCUT2D eigenvalue weighted by molar-refractivity contribution is 0.132. The Balaban J connectivity index is 2.67. The normalized spacial score (nSPS) is 14.9. The summed E-state index contributed by atoms with van der Waals surface area (Å²) in [4.78, 5) is 0. The van der Waals surface area contributed by atoms with Crippen LogP contribution in [0.3, 0.4) is 0 Å². The Hall–Kier alpha value is -0.130. The quantitative estimate of drug-likeness (QED) is 0.820. The van der Waals surface area contributed by atoms with Crippen molar-refractivity contribution < 1.29 is 5.11 Å². The molecule has 0 bridgehead atoms. The Morgan fingerprint density at radius 1 is 1.40 bits per heavy atom. The first-order valence-corrected chi connectivity index (χ1v) is 6.42. The van der Waals surface area contributed by atoms with Crippen LogP contribution < -0.4 is 5.73 Å². The summed E-state index contributed by atoms with van der Waals surface area (Å²) >= 11 is 2.26. The molecule has 0 spiro atoms. The van der Waals surface area contributed by atoms with Crippen molar-refractivity contribution in [3.8, 4) is 0 Å². The number of nitrogens with two attached hydrogens (primary N) is 1. The van der Waals surface area contributed by atoms with Gasteiger partial charge in [-0.15, -0.1) is 0 Å². The molecule has 0 fully saturated rings. The maximum absolute atomic E-state index is 9.90. The first-order valence-electron chi connectivity index (χ1n) is 5.35. The molecule has 15 heavy (non-hydrogen) atoms. The Labute approximate surface area is 105 Å². The fraction of sp³-hybridized carbons (Fsp3) is 0.500. The third-order valence-corrected chi connectivity index (χ3v) is 3.51. The number of unbranched alkanes of at least 4 members (excludes halogenated alkanes) is 1. The van der Waals surface area contributed by atoms with E-state index in [0.717, 1.165) is 28.4 Å². The third kappa shape index (κ3) is 3.74. The van der Waals surface area contributed by atoms with Crippen molar-refractivity contribution in [2.45, 2.75) is 38.3 Å². The zero-order valence-electron chi connectivity index (χ0n) is 8.99. The Kier molecular flexibility index (Phi) is 5.56. The predicted octanol–water partition coefficient (Wildman–Crippen LogP) is 2.84. The summed E-state index contributed by atoms with van der Waals surface area (Å²) in [6, 6.07) is 7.69. The predicted molar refractivity (Wildman–Crippen MR) is 71.6 cm³/mol. The maximum Gasteiger partial charge on any atom is 0.0733 e. The largest absolute Gasteiger partial charge is 0.391 e. The number of aliphatic hydroxyl groups excluding tert-OH is 1. The van der Waals surface area contributed by atoms with Gasteiger partial charge in [0.05, 0.1) is 12.1 Å². The van der Waals surface area contributed by atoms with Crippen LogP contribution in [0.15, 0.2) is 24.3 Å². The summed E-state index contributed by atoms with van der Waals surface area (Å²) in [7, 11) is 0. The highest BCUT2D eigenvalue weighted by Crippen LogP contribution is 2.22. The molecule has 0 aliphatic carbocycles. The van der Waals surface area contributed by atoms with Crippen LogP contribution in [0.1, 0.15) is 37.8 Å². The van der Waals surface area contributed by atoms with Gasteiger partial charge in [0.25, 0.3) is 0 Å². The number of aliphatic hydroxyl groups is 1.